The molecule has 1 aromatic heterocycles. The molecule has 1 heterocycles. The van der Waals surface area contributed by atoms with Crippen molar-refractivity contribution in [1.82, 2.24) is 4.57 Å². The number of halogens is 1. The number of fused-ring (bicyclic) bond motifs is 1. The van der Waals surface area contributed by atoms with Gasteiger partial charge in [0.15, 0.2) is 4.80 Å². The lowest BCUT2D eigenvalue weighted by molar-refractivity contribution is 0.0997. The minimum atomic E-state index is -0.217. The second kappa shape index (κ2) is 7.06. The van der Waals surface area contributed by atoms with Crippen LogP contribution in [0.5, 0.6) is 5.75 Å². The lowest BCUT2D eigenvalue weighted by Crippen LogP contribution is -2.16. The molecule has 0 saturated carbocycles. The first-order valence-corrected chi connectivity index (χ1v) is 9.46. The van der Waals surface area contributed by atoms with Gasteiger partial charge in [0.2, 0.25) is 0 Å². The van der Waals surface area contributed by atoms with Gasteiger partial charge in [-0.2, -0.15) is 4.99 Å². The number of methoxy groups -OCH3 is 1. The summed E-state index contributed by atoms with van der Waals surface area (Å²) >= 11 is 3.69. The number of rotatable bonds is 3. The number of benzene rings is 2. The maximum Gasteiger partial charge on any atom is 0.280 e. The summed E-state index contributed by atoms with van der Waals surface area (Å²) in [6.45, 7) is 4.82. The molecule has 0 aliphatic heterocycles. The first-order valence-electron chi connectivity index (χ1n) is 7.57. The molecule has 3 rings (SSSR count). The third kappa shape index (κ3) is 3.00. The van der Waals surface area contributed by atoms with Crippen LogP contribution in [0.15, 0.2) is 41.4 Å². The van der Waals surface area contributed by atoms with E-state index in [4.69, 9.17) is 4.74 Å². The van der Waals surface area contributed by atoms with Gasteiger partial charge in [-0.05, 0) is 60.2 Å². The summed E-state index contributed by atoms with van der Waals surface area (Å²) < 4.78 is 9.55. The number of carbonyl (C=O) groups excluding carboxylic acids is 1. The van der Waals surface area contributed by atoms with Gasteiger partial charge in [0.05, 0.1) is 17.4 Å². The summed E-state index contributed by atoms with van der Waals surface area (Å²) in [7, 11) is 1.66. The fraction of sp³-hybridized carbons (Fsp3) is 0.222. The van der Waals surface area contributed by atoms with E-state index < -0.39 is 0 Å². The molecule has 3 aromatic rings. The van der Waals surface area contributed by atoms with Crippen molar-refractivity contribution in [3.05, 3.63) is 55.9 Å². The standard InChI is InChI=1S/C18H17IN2O2S/c1-4-21-15-14(23-3)10-9-11(2)16(15)24-18(21)20-17(22)12-7-5-6-8-13(12)19/h5-10H,4H2,1-3H3. The second-order valence-electron chi connectivity index (χ2n) is 5.29. The van der Waals surface area contributed by atoms with Crippen LogP contribution in [0.3, 0.4) is 0 Å². The molecule has 0 fully saturated rings. The minimum Gasteiger partial charge on any atom is -0.495 e. The van der Waals surface area contributed by atoms with Gasteiger partial charge in [-0.15, -0.1) is 0 Å². The average molecular weight is 452 g/mol. The normalized spacial score (nSPS) is 11.9. The fourth-order valence-corrected chi connectivity index (χ4v) is 4.40. The Morgan fingerprint density at radius 3 is 2.71 bits per heavy atom. The Morgan fingerprint density at radius 1 is 1.29 bits per heavy atom. The van der Waals surface area contributed by atoms with Gasteiger partial charge in [0, 0.05) is 10.1 Å². The zero-order valence-corrected chi connectivity index (χ0v) is 16.6. The molecular weight excluding hydrogens is 435 g/mol. The van der Waals surface area contributed by atoms with E-state index in [9.17, 15) is 4.79 Å². The molecular formula is C18H17IN2O2S. The molecule has 2 aromatic carbocycles. The molecule has 1 amide bonds. The summed E-state index contributed by atoms with van der Waals surface area (Å²) in [6.07, 6.45) is 0. The van der Waals surface area contributed by atoms with E-state index in [1.807, 2.05) is 47.9 Å². The number of carbonyl (C=O) groups is 1. The highest BCUT2D eigenvalue weighted by Gasteiger charge is 2.14. The lowest BCUT2D eigenvalue weighted by atomic mass is 10.2. The van der Waals surface area contributed by atoms with Gasteiger partial charge < -0.3 is 9.30 Å². The Kier molecular flexibility index (Phi) is 5.05. The van der Waals surface area contributed by atoms with Crippen LogP contribution in [0.25, 0.3) is 10.2 Å². The number of hydrogen-bond acceptors (Lipinski definition) is 3. The van der Waals surface area contributed by atoms with E-state index in [0.29, 0.717) is 10.4 Å². The number of thiazole rings is 1. The van der Waals surface area contributed by atoms with Crippen LogP contribution < -0.4 is 9.54 Å². The van der Waals surface area contributed by atoms with E-state index >= 15 is 0 Å². The van der Waals surface area contributed by atoms with Crippen LogP contribution in [-0.2, 0) is 6.54 Å². The molecule has 0 bridgehead atoms. The number of amides is 1. The highest BCUT2D eigenvalue weighted by Crippen LogP contribution is 2.30. The van der Waals surface area contributed by atoms with Crippen molar-refractivity contribution in [1.29, 1.82) is 0 Å². The number of ether oxygens (including phenoxy) is 1. The Morgan fingerprint density at radius 2 is 2.04 bits per heavy atom. The molecule has 6 heteroatoms. The average Bonchev–Trinajstić information content (AvgIpc) is 2.94. The van der Waals surface area contributed by atoms with Crippen LogP contribution in [0.4, 0.5) is 0 Å². The molecule has 0 aliphatic carbocycles. The highest BCUT2D eigenvalue weighted by atomic mass is 127. The summed E-state index contributed by atoms with van der Waals surface area (Å²) in [5.74, 6) is 0.585. The quantitative estimate of drug-likeness (QED) is 0.554. The SMILES string of the molecule is CCn1c(=NC(=O)c2ccccc2I)sc2c(C)ccc(OC)c21. The number of hydrogen-bond donors (Lipinski definition) is 0. The van der Waals surface area contributed by atoms with Gasteiger partial charge in [-0.3, -0.25) is 4.79 Å². The van der Waals surface area contributed by atoms with Gasteiger partial charge in [-0.1, -0.05) is 29.5 Å². The number of nitrogens with zero attached hydrogens (tertiary/aromatic N) is 2. The largest absolute Gasteiger partial charge is 0.495 e. The van der Waals surface area contributed by atoms with Crippen molar-refractivity contribution in [2.45, 2.75) is 20.4 Å². The van der Waals surface area contributed by atoms with Gasteiger partial charge >= 0.3 is 0 Å². The van der Waals surface area contributed by atoms with Gasteiger partial charge in [0.1, 0.15) is 11.3 Å². The molecule has 124 valence electrons. The molecule has 0 unspecified atom stereocenters. The monoisotopic (exact) mass is 452 g/mol. The predicted molar refractivity (Wildman–Crippen MR) is 106 cm³/mol. The first kappa shape index (κ1) is 17.2. The molecule has 0 saturated heterocycles. The predicted octanol–water partition coefficient (Wildman–Crippen LogP) is 4.39. The van der Waals surface area contributed by atoms with E-state index in [-0.39, 0.29) is 5.91 Å². The summed E-state index contributed by atoms with van der Waals surface area (Å²) in [6, 6.07) is 11.5. The summed E-state index contributed by atoms with van der Waals surface area (Å²) in [4.78, 5) is 17.7. The van der Waals surface area contributed by atoms with Gasteiger partial charge in [-0.25, -0.2) is 0 Å². The third-order valence-corrected chi connectivity index (χ3v) is 5.98. The fourth-order valence-electron chi connectivity index (χ4n) is 2.60. The van der Waals surface area contributed by atoms with Crippen LogP contribution in [0.2, 0.25) is 0 Å². The first-order chi connectivity index (χ1) is 11.6. The lowest BCUT2D eigenvalue weighted by Gasteiger charge is -2.07. The molecule has 24 heavy (non-hydrogen) atoms. The van der Waals surface area contributed by atoms with E-state index in [2.05, 4.69) is 34.5 Å². The van der Waals surface area contributed by atoms with Crippen molar-refractivity contribution in [3.63, 3.8) is 0 Å². The smallest absolute Gasteiger partial charge is 0.280 e. The zero-order chi connectivity index (χ0) is 17.3. The van der Waals surface area contributed by atoms with Crippen LogP contribution in [-0.4, -0.2) is 17.6 Å². The van der Waals surface area contributed by atoms with Crippen molar-refractivity contribution < 1.29 is 9.53 Å². The molecule has 0 atom stereocenters. The minimum absolute atomic E-state index is 0.217. The summed E-state index contributed by atoms with van der Waals surface area (Å²) in [5, 5.41) is 0. The van der Waals surface area contributed by atoms with E-state index in [1.54, 1.807) is 7.11 Å². The van der Waals surface area contributed by atoms with E-state index in [0.717, 1.165) is 31.6 Å². The van der Waals surface area contributed by atoms with Crippen LogP contribution >= 0.6 is 33.9 Å². The van der Waals surface area contributed by atoms with Crippen LogP contribution in [0.1, 0.15) is 22.8 Å². The highest BCUT2D eigenvalue weighted by molar-refractivity contribution is 14.1. The third-order valence-electron chi connectivity index (χ3n) is 3.82. The Hall–Kier alpha value is -1.67. The Labute approximate surface area is 157 Å². The molecule has 0 aliphatic rings. The molecule has 0 N–H and O–H groups in total. The maximum atomic E-state index is 12.6. The maximum absolute atomic E-state index is 12.6. The van der Waals surface area contributed by atoms with Crippen LogP contribution in [0, 0.1) is 10.5 Å². The Bertz CT molecular complexity index is 988. The summed E-state index contributed by atoms with van der Waals surface area (Å²) in [5.41, 5.74) is 2.78. The van der Waals surface area contributed by atoms with Crippen molar-refractivity contribution in [2.75, 3.05) is 7.11 Å². The van der Waals surface area contributed by atoms with Crippen molar-refractivity contribution >= 4 is 50.1 Å². The molecule has 4 nitrogen and oxygen atoms in total. The van der Waals surface area contributed by atoms with Crippen molar-refractivity contribution in [2.24, 2.45) is 4.99 Å². The van der Waals surface area contributed by atoms with Gasteiger partial charge in [0.25, 0.3) is 5.91 Å². The topological polar surface area (TPSA) is 43.6 Å². The van der Waals surface area contributed by atoms with Crippen molar-refractivity contribution in [3.8, 4) is 5.75 Å². The second-order valence-corrected chi connectivity index (χ2v) is 7.43. The van der Waals surface area contributed by atoms with E-state index in [1.165, 1.54) is 11.3 Å². The number of aryl methyl sites for hydroxylation is 2. The number of aromatic nitrogens is 1. The zero-order valence-electron chi connectivity index (χ0n) is 13.7. The molecule has 0 radical (unpaired) electrons. The molecule has 0 spiro atoms. The Balaban J connectivity index is 2.25.